The Hall–Kier alpha value is -2.82. The summed E-state index contributed by atoms with van der Waals surface area (Å²) in [5, 5.41) is 2.39. The van der Waals surface area contributed by atoms with Crippen molar-refractivity contribution < 1.29 is 37.0 Å². The first kappa shape index (κ1) is 22.2. The van der Waals surface area contributed by atoms with E-state index in [1.165, 1.54) is 0 Å². The molecule has 0 heterocycles. The Balaban J connectivity index is 0.000000477. The number of carbonyl (C=O) groups excluding carboxylic acids is 3. The van der Waals surface area contributed by atoms with Crippen LogP contribution in [0.5, 0.6) is 0 Å². The molecule has 0 aromatic heterocycles. The summed E-state index contributed by atoms with van der Waals surface area (Å²) in [7, 11) is 0. The van der Waals surface area contributed by atoms with Gasteiger partial charge in [0.1, 0.15) is 6.61 Å². The van der Waals surface area contributed by atoms with Crippen LogP contribution in [0.25, 0.3) is 0 Å². The third-order valence-electron chi connectivity index (χ3n) is 2.26. The smallest absolute Gasteiger partial charge is 0.454 e. The summed E-state index contributed by atoms with van der Waals surface area (Å²) >= 11 is 0. The SMILES string of the molecule is NCCNC(=O)COC(N)=O.O=C(OCc1ccccc1)C(F)(F)F. The maximum atomic E-state index is 11.7. The molecule has 5 N–H and O–H groups in total. The molecule has 0 spiro atoms. The fourth-order valence-electron chi connectivity index (χ4n) is 1.20. The van der Waals surface area contributed by atoms with Gasteiger partial charge in [0.2, 0.25) is 0 Å². The predicted octanol–water partition coefficient (Wildman–Crippen LogP) is 0.449. The number of ether oxygens (including phenoxy) is 2. The summed E-state index contributed by atoms with van der Waals surface area (Å²) in [5.41, 5.74) is 10.2. The van der Waals surface area contributed by atoms with Crippen molar-refractivity contribution in [3.8, 4) is 0 Å². The molecule has 0 aliphatic heterocycles. The molecule has 11 heteroatoms. The number of hydrogen-bond donors (Lipinski definition) is 3. The molecular formula is C14H18F3N3O5. The number of hydrogen-bond acceptors (Lipinski definition) is 6. The van der Waals surface area contributed by atoms with E-state index in [0.29, 0.717) is 18.7 Å². The zero-order valence-corrected chi connectivity index (χ0v) is 13.0. The second-order valence-corrected chi connectivity index (χ2v) is 4.31. The second-order valence-electron chi connectivity index (χ2n) is 4.31. The first-order valence-electron chi connectivity index (χ1n) is 6.83. The molecule has 8 nitrogen and oxygen atoms in total. The topological polar surface area (TPSA) is 134 Å². The van der Waals surface area contributed by atoms with Gasteiger partial charge in [-0.25, -0.2) is 9.59 Å². The number of rotatable bonds is 6. The number of nitrogens with two attached hydrogens (primary N) is 2. The van der Waals surface area contributed by atoms with Gasteiger partial charge in [0.25, 0.3) is 5.91 Å². The average Bonchev–Trinajstić information content (AvgIpc) is 2.56. The fraction of sp³-hybridized carbons (Fsp3) is 0.357. The minimum Gasteiger partial charge on any atom is -0.454 e. The number of benzene rings is 1. The van der Waals surface area contributed by atoms with E-state index in [1.54, 1.807) is 30.3 Å². The van der Waals surface area contributed by atoms with E-state index in [2.05, 4.69) is 20.5 Å². The lowest BCUT2D eigenvalue weighted by molar-refractivity contribution is -0.201. The third kappa shape index (κ3) is 12.3. The van der Waals surface area contributed by atoms with E-state index in [0.717, 1.165) is 0 Å². The monoisotopic (exact) mass is 365 g/mol. The van der Waals surface area contributed by atoms with Crippen LogP contribution >= 0.6 is 0 Å². The zero-order chi connectivity index (χ0) is 19.3. The highest BCUT2D eigenvalue weighted by Gasteiger charge is 2.40. The van der Waals surface area contributed by atoms with Crippen molar-refractivity contribution in [2.45, 2.75) is 12.8 Å². The van der Waals surface area contributed by atoms with Crippen LogP contribution in [-0.4, -0.2) is 43.8 Å². The summed E-state index contributed by atoms with van der Waals surface area (Å²) in [6.45, 7) is -0.00220. The van der Waals surface area contributed by atoms with Crippen molar-refractivity contribution in [3.63, 3.8) is 0 Å². The number of amides is 2. The fourth-order valence-corrected chi connectivity index (χ4v) is 1.20. The molecule has 0 aliphatic carbocycles. The number of alkyl halides is 3. The van der Waals surface area contributed by atoms with Crippen LogP contribution in [0.1, 0.15) is 5.56 Å². The number of carbonyl (C=O) groups is 3. The van der Waals surface area contributed by atoms with Crippen molar-refractivity contribution in [2.75, 3.05) is 19.7 Å². The van der Waals surface area contributed by atoms with Crippen molar-refractivity contribution >= 4 is 18.0 Å². The van der Waals surface area contributed by atoms with Crippen LogP contribution in [0.4, 0.5) is 18.0 Å². The lowest BCUT2D eigenvalue weighted by Gasteiger charge is -2.06. The summed E-state index contributed by atoms with van der Waals surface area (Å²) in [6.07, 6.45) is -5.89. The molecule has 0 fully saturated rings. The minimum atomic E-state index is -4.92. The molecular weight excluding hydrogens is 347 g/mol. The van der Waals surface area contributed by atoms with Gasteiger partial charge in [0.05, 0.1) is 0 Å². The number of halogens is 3. The molecule has 0 unspecified atom stereocenters. The van der Waals surface area contributed by atoms with Crippen LogP contribution in [0.2, 0.25) is 0 Å². The maximum absolute atomic E-state index is 11.7. The first-order valence-corrected chi connectivity index (χ1v) is 6.83. The molecule has 140 valence electrons. The first-order chi connectivity index (χ1) is 11.7. The molecule has 1 rings (SSSR count). The third-order valence-corrected chi connectivity index (χ3v) is 2.26. The number of esters is 1. The Morgan fingerprint density at radius 1 is 1.08 bits per heavy atom. The van der Waals surface area contributed by atoms with Crippen LogP contribution in [0.15, 0.2) is 30.3 Å². The Bertz CT molecular complexity index is 552. The van der Waals surface area contributed by atoms with Gasteiger partial charge in [-0.2, -0.15) is 13.2 Å². The minimum absolute atomic E-state index is 0.350. The second kappa shape index (κ2) is 11.7. The standard InChI is InChI=1S/C9H7F3O2.C5H11N3O3/c10-9(11,12)8(13)14-6-7-4-2-1-3-5-7;6-1-2-8-4(9)3-11-5(7)10/h1-5H,6H2;1-3,6H2,(H2,7,10)(H,8,9). The van der Waals surface area contributed by atoms with Crippen molar-refractivity contribution in [2.24, 2.45) is 11.5 Å². The summed E-state index contributed by atoms with van der Waals surface area (Å²) in [6, 6.07) is 8.16. The highest BCUT2D eigenvalue weighted by atomic mass is 19.4. The molecule has 0 saturated carbocycles. The number of primary amides is 1. The summed E-state index contributed by atoms with van der Waals surface area (Å²) < 4.78 is 43.2. The normalized spacial score (nSPS) is 10.1. The van der Waals surface area contributed by atoms with E-state index in [1.807, 2.05) is 0 Å². The zero-order valence-electron chi connectivity index (χ0n) is 13.0. The van der Waals surface area contributed by atoms with Crippen LogP contribution in [0.3, 0.4) is 0 Å². The molecule has 25 heavy (non-hydrogen) atoms. The highest BCUT2D eigenvalue weighted by Crippen LogP contribution is 2.17. The molecule has 0 saturated heterocycles. The van der Waals surface area contributed by atoms with Crippen molar-refractivity contribution in [3.05, 3.63) is 35.9 Å². The van der Waals surface area contributed by atoms with Gasteiger partial charge in [-0.15, -0.1) is 0 Å². The lowest BCUT2D eigenvalue weighted by atomic mass is 10.2. The maximum Gasteiger partial charge on any atom is 0.490 e. The number of nitrogens with one attached hydrogen (secondary N) is 1. The van der Waals surface area contributed by atoms with Gasteiger partial charge in [0, 0.05) is 13.1 Å². The van der Waals surface area contributed by atoms with Crippen LogP contribution < -0.4 is 16.8 Å². The van der Waals surface area contributed by atoms with E-state index in [9.17, 15) is 27.6 Å². The van der Waals surface area contributed by atoms with Gasteiger partial charge in [-0.3, -0.25) is 4.79 Å². The quantitative estimate of drug-likeness (QED) is 0.627. The van der Waals surface area contributed by atoms with Gasteiger partial charge in [-0.05, 0) is 5.56 Å². The van der Waals surface area contributed by atoms with Crippen LogP contribution in [-0.2, 0) is 25.7 Å². The largest absolute Gasteiger partial charge is 0.490 e. The molecule has 0 bridgehead atoms. The Labute approximate surface area is 141 Å². The van der Waals surface area contributed by atoms with E-state index in [-0.39, 0.29) is 13.2 Å². The molecule has 1 aromatic carbocycles. The van der Waals surface area contributed by atoms with Crippen molar-refractivity contribution in [1.82, 2.24) is 5.32 Å². The van der Waals surface area contributed by atoms with Gasteiger partial charge >= 0.3 is 18.2 Å². The van der Waals surface area contributed by atoms with E-state index in [4.69, 9.17) is 5.73 Å². The molecule has 1 aromatic rings. The van der Waals surface area contributed by atoms with Gasteiger partial charge in [0.15, 0.2) is 6.61 Å². The van der Waals surface area contributed by atoms with Gasteiger partial charge < -0.3 is 26.3 Å². The van der Waals surface area contributed by atoms with Crippen LogP contribution in [0, 0.1) is 0 Å². The van der Waals surface area contributed by atoms with Gasteiger partial charge in [-0.1, -0.05) is 30.3 Å². The summed E-state index contributed by atoms with van der Waals surface area (Å²) in [4.78, 5) is 30.9. The molecule has 0 atom stereocenters. The van der Waals surface area contributed by atoms with Crippen molar-refractivity contribution in [1.29, 1.82) is 0 Å². The Morgan fingerprint density at radius 3 is 2.16 bits per heavy atom. The molecule has 0 aliphatic rings. The highest BCUT2D eigenvalue weighted by molar-refractivity contribution is 5.79. The summed E-state index contributed by atoms with van der Waals surface area (Å²) in [5.74, 6) is -2.57. The molecule has 0 radical (unpaired) electrons. The predicted molar refractivity (Wildman–Crippen MR) is 79.9 cm³/mol. The Morgan fingerprint density at radius 2 is 1.68 bits per heavy atom. The molecule has 2 amide bonds. The average molecular weight is 365 g/mol. The lowest BCUT2D eigenvalue weighted by Crippen LogP contribution is -2.33. The Kier molecular flexibility index (Phi) is 10.4. The van der Waals surface area contributed by atoms with E-state index >= 15 is 0 Å². The van der Waals surface area contributed by atoms with E-state index < -0.39 is 24.1 Å².